The molecule has 1 aromatic carbocycles. The summed E-state index contributed by atoms with van der Waals surface area (Å²) in [5, 5.41) is 7.83. The molecule has 38 heavy (non-hydrogen) atoms. The molecule has 1 aliphatic carbocycles. The molecule has 0 atom stereocenters. The Hall–Kier alpha value is -4.41. The van der Waals surface area contributed by atoms with E-state index < -0.39 is 28.8 Å². The van der Waals surface area contributed by atoms with Crippen molar-refractivity contribution in [3.63, 3.8) is 0 Å². The molecule has 0 spiro atoms. The maximum atomic E-state index is 14.5. The number of hydrogen-bond acceptors (Lipinski definition) is 8. The monoisotopic (exact) mass is 520 g/mol. The second-order valence-electron chi connectivity index (χ2n) is 10.5. The Morgan fingerprint density at radius 1 is 1.21 bits per heavy atom. The second kappa shape index (κ2) is 10.2. The van der Waals surface area contributed by atoms with Gasteiger partial charge in [-0.25, -0.2) is 19.2 Å². The average molecular weight is 521 g/mol. The zero-order valence-electron chi connectivity index (χ0n) is 21.8. The van der Waals surface area contributed by atoms with Crippen molar-refractivity contribution in [2.45, 2.75) is 58.5 Å². The van der Waals surface area contributed by atoms with Gasteiger partial charge in [-0.1, -0.05) is 12.1 Å². The Morgan fingerprint density at radius 2 is 1.97 bits per heavy atom. The smallest absolute Gasteiger partial charge is 0.411 e. The molecule has 3 amide bonds. The molecule has 0 saturated carbocycles. The van der Waals surface area contributed by atoms with Crippen LogP contribution in [0.3, 0.4) is 0 Å². The number of halogens is 1. The van der Waals surface area contributed by atoms with Crippen LogP contribution in [0.4, 0.5) is 26.6 Å². The van der Waals surface area contributed by atoms with E-state index in [2.05, 4.69) is 30.9 Å². The van der Waals surface area contributed by atoms with Crippen LogP contribution in [0.1, 0.15) is 63.4 Å². The molecule has 2 aromatic rings. The van der Waals surface area contributed by atoms with Gasteiger partial charge >= 0.3 is 6.09 Å². The summed E-state index contributed by atoms with van der Waals surface area (Å²) in [6.45, 7) is 8.82. The van der Waals surface area contributed by atoms with E-state index in [9.17, 15) is 18.8 Å². The maximum Gasteiger partial charge on any atom is 0.411 e. The van der Waals surface area contributed by atoms with Gasteiger partial charge in [0.05, 0.1) is 11.6 Å². The lowest BCUT2D eigenvalue weighted by Gasteiger charge is -2.30. The fourth-order valence-electron chi connectivity index (χ4n) is 3.88. The fraction of sp³-hybridized carbons (Fsp3) is 0.333. The summed E-state index contributed by atoms with van der Waals surface area (Å²) in [5.74, 6) is -1.62. The highest BCUT2D eigenvalue weighted by Crippen LogP contribution is 2.33. The SMILES string of the molecule is CC(C)(C)OC(=O)NC=C1C=CC(=Nc2ncc(F)c(Nc3ccc4c(c3)C(=O)NC(=O)C4(C)C)n2)CC1. The van der Waals surface area contributed by atoms with Crippen molar-refractivity contribution >= 4 is 41.1 Å². The minimum Gasteiger partial charge on any atom is -0.444 e. The van der Waals surface area contributed by atoms with Gasteiger partial charge in [-0.3, -0.25) is 20.2 Å². The molecular weight excluding hydrogens is 491 g/mol. The van der Waals surface area contributed by atoms with Crippen molar-refractivity contribution in [2.75, 3.05) is 5.32 Å². The predicted octanol–water partition coefficient (Wildman–Crippen LogP) is 4.74. The molecule has 2 aliphatic rings. The summed E-state index contributed by atoms with van der Waals surface area (Å²) < 4.78 is 19.7. The third-order valence-corrected chi connectivity index (χ3v) is 5.90. The fourth-order valence-corrected chi connectivity index (χ4v) is 3.88. The van der Waals surface area contributed by atoms with Crippen LogP contribution < -0.4 is 16.0 Å². The maximum absolute atomic E-state index is 14.5. The average Bonchev–Trinajstić information content (AvgIpc) is 2.83. The number of benzene rings is 1. The molecule has 0 fully saturated rings. The minimum absolute atomic E-state index is 0.0651. The number of hydrogen-bond donors (Lipinski definition) is 3. The van der Waals surface area contributed by atoms with Gasteiger partial charge in [0.15, 0.2) is 11.6 Å². The van der Waals surface area contributed by atoms with Gasteiger partial charge in [0.2, 0.25) is 5.91 Å². The Morgan fingerprint density at radius 3 is 2.66 bits per heavy atom. The first-order valence-electron chi connectivity index (χ1n) is 12.1. The van der Waals surface area contributed by atoms with E-state index in [-0.39, 0.29) is 17.7 Å². The van der Waals surface area contributed by atoms with Crippen molar-refractivity contribution in [3.8, 4) is 0 Å². The number of alkyl carbamates (subject to hydrolysis) is 1. The zero-order valence-corrected chi connectivity index (χ0v) is 21.8. The van der Waals surface area contributed by atoms with Crippen LogP contribution >= 0.6 is 0 Å². The minimum atomic E-state index is -0.875. The highest BCUT2D eigenvalue weighted by Gasteiger charge is 2.39. The number of nitrogens with zero attached hydrogens (tertiary/aromatic N) is 3. The molecule has 198 valence electrons. The lowest BCUT2D eigenvalue weighted by molar-refractivity contribution is -0.125. The largest absolute Gasteiger partial charge is 0.444 e. The van der Waals surface area contributed by atoms with E-state index in [1.54, 1.807) is 65.1 Å². The molecule has 0 saturated heterocycles. The number of ether oxygens (including phenoxy) is 1. The normalized spacial score (nSPS) is 18.7. The molecule has 11 heteroatoms. The standard InChI is InChI=1S/C27H29FN6O4/c1-26(2,3)38-25(37)30-13-15-6-8-16(9-7-15)32-24-29-14-20(28)21(33-24)31-17-10-11-19-18(12-17)22(35)34-23(36)27(19,4)5/h6,8,10-14H,7,9H2,1-5H3,(H,30,37)(H,29,31,33)(H,34,35,36). The van der Waals surface area contributed by atoms with E-state index in [0.717, 1.165) is 11.8 Å². The number of allylic oxidation sites excluding steroid dienone is 3. The number of carbonyl (C=O) groups is 3. The molecular formula is C27H29FN6O4. The quantitative estimate of drug-likeness (QED) is 0.496. The van der Waals surface area contributed by atoms with Gasteiger partial charge in [-0.05, 0) is 76.8 Å². The van der Waals surface area contributed by atoms with Crippen molar-refractivity contribution in [1.82, 2.24) is 20.6 Å². The summed E-state index contributed by atoms with van der Waals surface area (Å²) in [6, 6.07) is 4.88. The molecule has 10 nitrogen and oxygen atoms in total. The molecule has 1 aromatic heterocycles. The highest BCUT2D eigenvalue weighted by atomic mass is 19.1. The van der Waals surface area contributed by atoms with Crippen LogP contribution in [0.5, 0.6) is 0 Å². The lowest BCUT2D eigenvalue weighted by atomic mass is 9.78. The van der Waals surface area contributed by atoms with Crippen LogP contribution in [-0.4, -0.2) is 39.2 Å². The highest BCUT2D eigenvalue weighted by molar-refractivity contribution is 6.13. The first-order chi connectivity index (χ1) is 17.8. The van der Waals surface area contributed by atoms with E-state index in [4.69, 9.17) is 4.74 Å². The van der Waals surface area contributed by atoms with Gasteiger partial charge in [0, 0.05) is 23.2 Å². The van der Waals surface area contributed by atoms with Gasteiger partial charge < -0.3 is 10.1 Å². The second-order valence-corrected chi connectivity index (χ2v) is 10.5. The molecule has 0 radical (unpaired) electrons. The zero-order chi connectivity index (χ0) is 27.7. The third kappa shape index (κ3) is 6.10. The predicted molar refractivity (Wildman–Crippen MR) is 140 cm³/mol. The molecule has 3 N–H and O–H groups in total. The number of imide groups is 1. The van der Waals surface area contributed by atoms with Gasteiger partial charge in [-0.2, -0.15) is 4.98 Å². The topological polar surface area (TPSA) is 135 Å². The number of fused-ring (bicyclic) bond motifs is 1. The van der Waals surface area contributed by atoms with Gasteiger partial charge in [-0.15, -0.1) is 0 Å². The number of rotatable bonds is 4. The van der Waals surface area contributed by atoms with E-state index in [0.29, 0.717) is 35.4 Å². The number of aliphatic imine (C=N–C) groups is 1. The van der Waals surface area contributed by atoms with Crippen LogP contribution in [0.25, 0.3) is 0 Å². The van der Waals surface area contributed by atoms with E-state index in [1.807, 2.05) is 6.08 Å². The van der Waals surface area contributed by atoms with Crippen molar-refractivity contribution in [3.05, 3.63) is 65.3 Å². The lowest BCUT2D eigenvalue weighted by Crippen LogP contribution is -2.48. The van der Waals surface area contributed by atoms with Crippen LogP contribution in [0.2, 0.25) is 0 Å². The third-order valence-electron chi connectivity index (χ3n) is 5.90. The van der Waals surface area contributed by atoms with Crippen molar-refractivity contribution in [1.29, 1.82) is 0 Å². The van der Waals surface area contributed by atoms with Gasteiger partial charge in [0.1, 0.15) is 5.60 Å². The summed E-state index contributed by atoms with van der Waals surface area (Å²) in [6.07, 6.45) is 6.85. The Balaban J connectivity index is 1.48. The van der Waals surface area contributed by atoms with Gasteiger partial charge in [0.25, 0.3) is 11.9 Å². The number of anilines is 2. The van der Waals surface area contributed by atoms with Crippen LogP contribution in [0, 0.1) is 5.82 Å². The van der Waals surface area contributed by atoms with Crippen LogP contribution in [0.15, 0.2) is 53.3 Å². The Bertz CT molecular complexity index is 1400. The summed E-state index contributed by atoms with van der Waals surface area (Å²) in [4.78, 5) is 48.9. The summed E-state index contributed by atoms with van der Waals surface area (Å²) >= 11 is 0. The molecule has 1 aliphatic heterocycles. The summed E-state index contributed by atoms with van der Waals surface area (Å²) in [5.41, 5.74) is 1.45. The van der Waals surface area contributed by atoms with E-state index >= 15 is 0 Å². The Kier molecular flexibility index (Phi) is 7.12. The van der Waals surface area contributed by atoms with E-state index in [1.165, 1.54) is 0 Å². The van der Waals surface area contributed by atoms with Crippen molar-refractivity contribution < 1.29 is 23.5 Å². The first-order valence-corrected chi connectivity index (χ1v) is 12.1. The number of carbonyl (C=O) groups excluding carboxylic acids is 3. The first kappa shape index (κ1) is 26.6. The number of amides is 3. The summed E-state index contributed by atoms with van der Waals surface area (Å²) in [7, 11) is 0. The number of aromatic nitrogens is 2. The van der Waals surface area contributed by atoms with Crippen LogP contribution in [-0.2, 0) is 14.9 Å². The molecule has 0 unspecified atom stereocenters. The molecule has 4 rings (SSSR count). The molecule has 2 heterocycles. The Labute approximate surface area is 219 Å². The van der Waals surface area contributed by atoms with Crippen molar-refractivity contribution in [2.24, 2.45) is 4.99 Å². The number of nitrogens with one attached hydrogen (secondary N) is 3. The molecule has 0 bridgehead atoms.